The number of nitrogens with one attached hydrogen (secondary N) is 1. The fourth-order valence-electron chi connectivity index (χ4n) is 3.28. The van der Waals surface area contributed by atoms with Gasteiger partial charge in [-0.25, -0.2) is 9.37 Å². The van der Waals surface area contributed by atoms with E-state index in [1.165, 1.54) is 6.07 Å². The topological polar surface area (TPSA) is 54.4 Å². The Morgan fingerprint density at radius 1 is 1.11 bits per heavy atom. The van der Waals surface area contributed by atoms with Crippen molar-refractivity contribution in [2.45, 2.75) is 33.4 Å². The largest absolute Gasteiger partial charge is 0.493 e. The standard InChI is InChI=1S/C23H27FN2O2/c1-4-28-22-12-9-16-7-5-6-8-17(16)23(22)19-11-10-18(24)20(26-19)13-25-21(14-27)15(2)3/h5-12,15,21,25,27H,4,13-14H2,1-3H3/t21-/m0/s1. The van der Waals surface area contributed by atoms with Crippen LogP contribution in [0.25, 0.3) is 22.0 Å². The second-order valence-corrected chi connectivity index (χ2v) is 7.13. The molecule has 0 aliphatic rings. The summed E-state index contributed by atoms with van der Waals surface area (Å²) in [6, 6.07) is 15.0. The fourth-order valence-corrected chi connectivity index (χ4v) is 3.28. The SMILES string of the molecule is CCOc1ccc2ccccc2c1-c1ccc(F)c(CN[C@@H](CO)C(C)C)n1. The van der Waals surface area contributed by atoms with E-state index in [2.05, 4.69) is 10.3 Å². The summed E-state index contributed by atoms with van der Waals surface area (Å²) in [7, 11) is 0. The van der Waals surface area contributed by atoms with Crippen LogP contribution in [-0.4, -0.2) is 29.3 Å². The van der Waals surface area contributed by atoms with Gasteiger partial charge in [0.2, 0.25) is 0 Å². The number of halogens is 1. The number of aliphatic hydroxyl groups is 1. The number of aliphatic hydroxyl groups excluding tert-OH is 1. The first-order valence-electron chi connectivity index (χ1n) is 9.69. The molecule has 28 heavy (non-hydrogen) atoms. The van der Waals surface area contributed by atoms with Crippen LogP contribution >= 0.6 is 0 Å². The van der Waals surface area contributed by atoms with Crippen LogP contribution in [0.1, 0.15) is 26.5 Å². The molecule has 0 radical (unpaired) electrons. The number of pyridine rings is 1. The normalized spacial score (nSPS) is 12.5. The van der Waals surface area contributed by atoms with Crippen LogP contribution in [-0.2, 0) is 6.54 Å². The lowest BCUT2D eigenvalue weighted by molar-refractivity contribution is 0.209. The first-order chi connectivity index (χ1) is 13.5. The first kappa shape index (κ1) is 20.2. The molecule has 3 aromatic rings. The molecule has 0 saturated carbocycles. The Bertz CT molecular complexity index is 943. The summed E-state index contributed by atoms with van der Waals surface area (Å²) in [6.07, 6.45) is 0. The summed E-state index contributed by atoms with van der Waals surface area (Å²) in [6.45, 7) is 6.74. The van der Waals surface area contributed by atoms with Crippen molar-refractivity contribution in [2.24, 2.45) is 5.92 Å². The summed E-state index contributed by atoms with van der Waals surface area (Å²) in [5.74, 6) is 0.600. The van der Waals surface area contributed by atoms with E-state index in [1.807, 2.05) is 57.2 Å². The molecule has 5 heteroatoms. The lowest BCUT2D eigenvalue weighted by Gasteiger charge is -2.20. The molecule has 0 saturated heterocycles. The van der Waals surface area contributed by atoms with Gasteiger partial charge in [-0.15, -0.1) is 0 Å². The Balaban J connectivity index is 2.03. The molecule has 0 fully saturated rings. The summed E-state index contributed by atoms with van der Waals surface area (Å²) in [5.41, 5.74) is 1.86. The lowest BCUT2D eigenvalue weighted by Crippen LogP contribution is -2.36. The average molecular weight is 382 g/mol. The molecule has 2 aromatic carbocycles. The van der Waals surface area contributed by atoms with E-state index in [4.69, 9.17) is 4.74 Å². The van der Waals surface area contributed by atoms with Gasteiger partial charge in [0.1, 0.15) is 11.6 Å². The van der Waals surface area contributed by atoms with E-state index in [0.29, 0.717) is 18.0 Å². The number of nitrogens with zero attached hydrogens (tertiary/aromatic N) is 1. The van der Waals surface area contributed by atoms with Crippen LogP contribution in [0.15, 0.2) is 48.5 Å². The maximum atomic E-state index is 14.4. The van der Waals surface area contributed by atoms with Gasteiger partial charge >= 0.3 is 0 Å². The van der Waals surface area contributed by atoms with E-state index in [0.717, 1.165) is 22.1 Å². The minimum Gasteiger partial charge on any atom is -0.493 e. The Kier molecular flexibility index (Phi) is 6.60. The van der Waals surface area contributed by atoms with Gasteiger partial charge in [-0.2, -0.15) is 0 Å². The van der Waals surface area contributed by atoms with Gasteiger partial charge in [-0.3, -0.25) is 0 Å². The number of benzene rings is 2. The highest BCUT2D eigenvalue weighted by molar-refractivity contribution is 5.98. The van der Waals surface area contributed by atoms with Gasteiger partial charge < -0.3 is 15.2 Å². The predicted molar refractivity (Wildman–Crippen MR) is 111 cm³/mol. The number of hydrogen-bond donors (Lipinski definition) is 2. The predicted octanol–water partition coefficient (Wildman–Crippen LogP) is 4.55. The summed E-state index contributed by atoms with van der Waals surface area (Å²) >= 11 is 0. The van der Waals surface area contributed by atoms with Gasteiger partial charge in [0, 0.05) is 12.6 Å². The number of ether oxygens (including phenoxy) is 1. The third-order valence-electron chi connectivity index (χ3n) is 4.90. The van der Waals surface area contributed by atoms with Crippen molar-refractivity contribution in [3.8, 4) is 17.0 Å². The zero-order valence-electron chi connectivity index (χ0n) is 16.6. The van der Waals surface area contributed by atoms with Crippen LogP contribution in [0.5, 0.6) is 5.75 Å². The molecular weight excluding hydrogens is 355 g/mol. The molecule has 1 heterocycles. The summed E-state index contributed by atoms with van der Waals surface area (Å²) < 4.78 is 20.2. The molecule has 0 unspecified atom stereocenters. The van der Waals surface area contributed by atoms with Crippen molar-refractivity contribution >= 4 is 10.8 Å². The number of rotatable bonds is 8. The van der Waals surface area contributed by atoms with Gasteiger partial charge in [-0.1, -0.05) is 44.2 Å². The quantitative estimate of drug-likeness (QED) is 0.600. The third-order valence-corrected chi connectivity index (χ3v) is 4.90. The molecule has 148 valence electrons. The smallest absolute Gasteiger partial charge is 0.146 e. The van der Waals surface area contributed by atoms with Gasteiger partial charge in [-0.05, 0) is 41.8 Å². The minimum atomic E-state index is -0.366. The summed E-state index contributed by atoms with van der Waals surface area (Å²) in [5, 5.41) is 14.8. The number of hydrogen-bond acceptors (Lipinski definition) is 4. The van der Waals surface area contributed by atoms with E-state index >= 15 is 0 Å². The highest BCUT2D eigenvalue weighted by atomic mass is 19.1. The molecule has 0 amide bonds. The third kappa shape index (κ3) is 4.32. The zero-order chi connectivity index (χ0) is 20.1. The molecule has 1 atom stereocenters. The van der Waals surface area contributed by atoms with E-state index in [-0.39, 0.29) is 30.9 Å². The molecule has 0 aliphatic carbocycles. The molecule has 0 spiro atoms. The van der Waals surface area contributed by atoms with Crippen LogP contribution in [0.3, 0.4) is 0 Å². The first-order valence-corrected chi connectivity index (χ1v) is 9.69. The van der Waals surface area contributed by atoms with Crippen LogP contribution in [0.4, 0.5) is 4.39 Å². The molecule has 1 aromatic heterocycles. The maximum Gasteiger partial charge on any atom is 0.146 e. The van der Waals surface area contributed by atoms with Crippen molar-refractivity contribution in [2.75, 3.05) is 13.2 Å². The van der Waals surface area contributed by atoms with Crippen molar-refractivity contribution < 1.29 is 14.2 Å². The minimum absolute atomic E-state index is 0.00319. The van der Waals surface area contributed by atoms with Gasteiger partial charge in [0.05, 0.1) is 30.2 Å². The highest BCUT2D eigenvalue weighted by Crippen LogP contribution is 2.36. The zero-order valence-corrected chi connectivity index (χ0v) is 16.6. The fraction of sp³-hybridized carbons (Fsp3) is 0.348. The van der Waals surface area contributed by atoms with Crippen LogP contribution in [0, 0.1) is 11.7 Å². The number of aromatic nitrogens is 1. The number of fused-ring (bicyclic) bond motifs is 1. The van der Waals surface area contributed by atoms with Crippen molar-refractivity contribution in [3.05, 3.63) is 60.0 Å². The Labute approximate surface area is 165 Å². The molecule has 2 N–H and O–H groups in total. The van der Waals surface area contributed by atoms with Crippen molar-refractivity contribution in [1.29, 1.82) is 0 Å². The van der Waals surface area contributed by atoms with E-state index in [9.17, 15) is 9.50 Å². The highest BCUT2D eigenvalue weighted by Gasteiger charge is 2.17. The van der Waals surface area contributed by atoms with Crippen LogP contribution in [0.2, 0.25) is 0 Å². The molecular formula is C23H27FN2O2. The monoisotopic (exact) mass is 382 g/mol. The van der Waals surface area contributed by atoms with Crippen LogP contribution < -0.4 is 10.1 Å². The Hall–Kier alpha value is -2.50. The second kappa shape index (κ2) is 9.13. The van der Waals surface area contributed by atoms with E-state index in [1.54, 1.807) is 6.07 Å². The maximum absolute atomic E-state index is 14.4. The Morgan fingerprint density at radius 2 is 1.89 bits per heavy atom. The lowest BCUT2D eigenvalue weighted by atomic mass is 10.00. The van der Waals surface area contributed by atoms with Gasteiger partial charge in [0.25, 0.3) is 0 Å². The molecule has 0 aliphatic heterocycles. The molecule has 4 nitrogen and oxygen atoms in total. The van der Waals surface area contributed by atoms with E-state index < -0.39 is 0 Å². The molecule has 3 rings (SSSR count). The average Bonchev–Trinajstić information content (AvgIpc) is 2.70. The molecule has 0 bridgehead atoms. The Morgan fingerprint density at radius 3 is 2.61 bits per heavy atom. The second-order valence-electron chi connectivity index (χ2n) is 7.13. The van der Waals surface area contributed by atoms with Crippen molar-refractivity contribution in [3.63, 3.8) is 0 Å². The summed E-state index contributed by atoms with van der Waals surface area (Å²) in [4.78, 5) is 4.60. The van der Waals surface area contributed by atoms with Gasteiger partial charge in [0.15, 0.2) is 0 Å². The van der Waals surface area contributed by atoms with Crippen molar-refractivity contribution in [1.82, 2.24) is 10.3 Å².